The van der Waals surface area contributed by atoms with E-state index >= 15 is 0 Å². The highest BCUT2D eigenvalue weighted by Crippen LogP contribution is 2.58. The smallest absolute Gasteiger partial charge is 0.207 e. The standard InChI is InChI=1S/C11H11F3/c1-10(13,14)11(6-7-11)8-4-2-3-5-9(8)12/h2-5H,6-7H2,1H3. The summed E-state index contributed by atoms with van der Waals surface area (Å²) in [5, 5.41) is 0. The van der Waals surface area contributed by atoms with Crippen molar-refractivity contribution < 1.29 is 13.2 Å². The summed E-state index contributed by atoms with van der Waals surface area (Å²) >= 11 is 0. The quantitative estimate of drug-likeness (QED) is 0.685. The first-order valence-electron chi connectivity index (χ1n) is 4.60. The number of halogens is 3. The van der Waals surface area contributed by atoms with Crippen molar-refractivity contribution in [2.75, 3.05) is 0 Å². The Morgan fingerprint density at radius 2 is 1.79 bits per heavy atom. The third kappa shape index (κ3) is 1.22. The molecule has 0 N–H and O–H groups in total. The third-order valence-electron chi connectivity index (χ3n) is 2.98. The summed E-state index contributed by atoms with van der Waals surface area (Å²) in [7, 11) is 0. The van der Waals surface area contributed by atoms with E-state index in [0.717, 1.165) is 6.92 Å². The second-order valence-corrected chi connectivity index (χ2v) is 3.95. The van der Waals surface area contributed by atoms with Gasteiger partial charge in [0.25, 0.3) is 5.92 Å². The molecule has 0 aromatic heterocycles. The predicted octanol–water partition coefficient (Wildman–Crippen LogP) is 3.51. The summed E-state index contributed by atoms with van der Waals surface area (Å²) in [6.07, 6.45) is 0.745. The Morgan fingerprint density at radius 1 is 1.21 bits per heavy atom. The molecule has 76 valence electrons. The first-order valence-corrected chi connectivity index (χ1v) is 4.60. The van der Waals surface area contributed by atoms with E-state index in [1.807, 2.05) is 0 Å². The molecular weight excluding hydrogens is 189 g/mol. The average molecular weight is 200 g/mol. The van der Waals surface area contributed by atoms with Gasteiger partial charge in [-0.1, -0.05) is 18.2 Å². The Labute approximate surface area is 80.7 Å². The lowest BCUT2D eigenvalue weighted by Crippen LogP contribution is -2.30. The van der Waals surface area contributed by atoms with Gasteiger partial charge in [0.15, 0.2) is 0 Å². The van der Waals surface area contributed by atoms with Gasteiger partial charge in [-0.05, 0) is 24.5 Å². The zero-order chi connectivity index (χ0) is 10.4. The Hall–Kier alpha value is -0.990. The highest BCUT2D eigenvalue weighted by Gasteiger charge is 2.60. The van der Waals surface area contributed by atoms with Crippen molar-refractivity contribution in [1.82, 2.24) is 0 Å². The number of benzene rings is 1. The fraction of sp³-hybridized carbons (Fsp3) is 0.455. The van der Waals surface area contributed by atoms with Crippen LogP contribution in [-0.4, -0.2) is 5.92 Å². The maximum absolute atomic E-state index is 13.3. The number of alkyl halides is 2. The summed E-state index contributed by atoms with van der Waals surface area (Å²) in [4.78, 5) is 0. The summed E-state index contributed by atoms with van der Waals surface area (Å²) in [5.74, 6) is -3.36. The highest BCUT2D eigenvalue weighted by atomic mass is 19.3. The van der Waals surface area contributed by atoms with E-state index < -0.39 is 17.2 Å². The number of rotatable bonds is 2. The molecule has 0 nitrogen and oxygen atoms in total. The van der Waals surface area contributed by atoms with Gasteiger partial charge in [-0.25, -0.2) is 13.2 Å². The molecule has 0 heterocycles. The largest absolute Gasteiger partial charge is 0.255 e. The maximum Gasteiger partial charge on any atom is 0.255 e. The van der Waals surface area contributed by atoms with Crippen LogP contribution < -0.4 is 0 Å². The molecule has 1 aliphatic rings. The van der Waals surface area contributed by atoms with Gasteiger partial charge >= 0.3 is 0 Å². The Morgan fingerprint density at radius 3 is 2.21 bits per heavy atom. The molecule has 0 unspecified atom stereocenters. The SMILES string of the molecule is CC(F)(F)C1(c2ccccc2F)CC1. The molecule has 0 atom stereocenters. The van der Waals surface area contributed by atoms with Crippen LogP contribution >= 0.6 is 0 Å². The lowest BCUT2D eigenvalue weighted by Gasteiger charge is -2.23. The van der Waals surface area contributed by atoms with Crippen LogP contribution in [-0.2, 0) is 5.41 Å². The van der Waals surface area contributed by atoms with Crippen molar-refractivity contribution >= 4 is 0 Å². The second kappa shape index (κ2) is 2.75. The van der Waals surface area contributed by atoms with E-state index in [0.29, 0.717) is 12.8 Å². The van der Waals surface area contributed by atoms with Crippen molar-refractivity contribution in [3.63, 3.8) is 0 Å². The topological polar surface area (TPSA) is 0 Å². The molecular formula is C11H11F3. The molecule has 0 aliphatic heterocycles. The molecule has 1 aliphatic carbocycles. The monoisotopic (exact) mass is 200 g/mol. The molecule has 0 amide bonds. The molecule has 2 rings (SSSR count). The van der Waals surface area contributed by atoms with Crippen molar-refractivity contribution in [1.29, 1.82) is 0 Å². The molecule has 0 spiro atoms. The van der Waals surface area contributed by atoms with Crippen LogP contribution in [0.15, 0.2) is 24.3 Å². The van der Waals surface area contributed by atoms with Gasteiger partial charge in [0.2, 0.25) is 0 Å². The second-order valence-electron chi connectivity index (χ2n) is 3.95. The van der Waals surface area contributed by atoms with Gasteiger partial charge in [-0.2, -0.15) is 0 Å². The van der Waals surface area contributed by atoms with Crippen LogP contribution in [0.3, 0.4) is 0 Å². The predicted molar refractivity (Wildman–Crippen MR) is 47.9 cm³/mol. The number of hydrogen-bond donors (Lipinski definition) is 0. The van der Waals surface area contributed by atoms with Gasteiger partial charge in [-0.3, -0.25) is 0 Å². The van der Waals surface area contributed by atoms with Crippen LogP contribution in [0.1, 0.15) is 25.3 Å². The molecule has 0 bridgehead atoms. The minimum Gasteiger partial charge on any atom is -0.207 e. The lowest BCUT2D eigenvalue weighted by molar-refractivity contribution is -0.0211. The number of hydrogen-bond acceptors (Lipinski definition) is 0. The van der Waals surface area contributed by atoms with Gasteiger partial charge in [-0.15, -0.1) is 0 Å². The Balaban J connectivity index is 2.46. The molecule has 0 radical (unpaired) electrons. The first-order chi connectivity index (χ1) is 6.47. The zero-order valence-corrected chi connectivity index (χ0v) is 7.86. The molecule has 14 heavy (non-hydrogen) atoms. The van der Waals surface area contributed by atoms with Gasteiger partial charge in [0.05, 0.1) is 5.41 Å². The van der Waals surface area contributed by atoms with Gasteiger partial charge < -0.3 is 0 Å². The Kier molecular flexibility index (Phi) is 1.88. The molecule has 1 fully saturated rings. The maximum atomic E-state index is 13.3. The minimum atomic E-state index is -2.84. The lowest BCUT2D eigenvalue weighted by atomic mass is 9.89. The first kappa shape index (κ1) is 9.56. The van der Waals surface area contributed by atoms with E-state index in [9.17, 15) is 13.2 Å². The molecule has 1 saturated carbocycles. The highest BCUT2D eigenvalue weighted by molar-refractivity contribution is 5.35. The fourth-order valence-corrected chi connectivity index (χ4v) is 1.92. The molecule has 1 aromatic rings. The summed E-state index contributed by atoms with van der Waals surface area (Å²) in [6.45, 7) is 0.867. The van der Waals surface area contributed by atoms with Crippen molar-refractivity contribution in [3.05, 3.63) is 35.6 Å². The van der Waals surface area contributed by atoms with Crippen LogP contribution in [0.4, 0.5) is 13.2 Å². The normalized spacial score (nSPS) is 19.4. The minimum absolute atomic E-state index is 0.160. The van der Waals surface area contributed by atoms with Gasteiger partial charge in [0.1, 0.15) is 5.82 Å². The van der Waals surface area contributed by atoms with E-state index in [1.165, 1.54) is 18.2 Å². The van der Waals surface area contributed by atoms with E-state index in [2.05, 4.69) is 0 Å². The zero-order valence-electron chi connectivity index (χ0n) is 7.86. The molecule has 0 saturated heterocycles. The van der Waals surface area contributed by atoms with Crippen molar-refractivity contribution in [2.24, 2.45) is 0 Å². The van der Waals surface area contributed by atoms with Crippen LogP contribution in [0.5, 0.6) is 0 Å². The Bertz CT molecular complexity index is 348. The van der Waals surface area contributed by atoms with E-state index in [-0.39, 0.29) is 5.56 Å². The summed E-state index contributed by atoms with van der Waals surface area (Å²) in [6, 6.07) is 5.81. The van der Waals surface area contributed by atoms with Crippen LogP contribution in [0.2, 0.25) is 0 Å². The van der Waals surface area contributed by atoms with Gasteiger partial charge in [0, 0.05) is 6.92 Å². The fourth-order valence-electron chi connectivity index (χ4n) is 1.92. The van der Waals surface area contributed by atoms with Crippen LogP contribution in [0, 0.1) is 5.82 Å². The average Bonchev–Trinajstić information content (AvgIpc) is 2.84. The summed E-state index contributed by atoms with van der Waals surface area (Å²) in [5.41, 5.74) is -1.08. The van der Waals surface area contributed by atoms with E-state index in [4.69, 9.17) is 0 Å². The third-order valence-corrected chi connectivity index (χ3v) is 2.98. The van der Waals surface area contributed by atoms with Crippen LogP contribution in [0.25, 0.3) is 0 Å². The molecule has 1 aromatic carbocycles. The summed E-state index contributed by atoms with van der Waals surface area (Å²) < 4.78 is 39.8. The van der Waals surface area contributed by atoms with E-state index in [1.54, 1.807) is 6.07 Å². The van der Waals surface area contributed by atoms with Crippen molar-refractivity contribution in [3.8, 4) is 0 Å². The van der Waals surface area contributed by atoms with Crippen molar-refractivity contribution in [2.45, 2.75) is 31.1 Å². The molecule has 3 heteroatoms.